The number of H-pyrrole nitrogens is 1. The number of likely N-dealkylation sites (N-methyl/N-ethyl adjacent to an activating group) is 1. The van der Waals surface area contributed by atoms with E-state index in [-0.39, 0.29) is 5.91 Å². The highest BCUT2D eigenvalue weighted by molar-refractivity contribution is 7.19. The van der Waals surface area contributed by atoms with Gasteiger partial charge in [0.1, 0.15) is 5.82 Å². The molecule has 1 saturated heterocycles. The zero-order valence-electron chi connectivity index (χ0n) is 18.2. The van der Waals surface area contributed by atoms with E-state index >= 15 is 0 Å². The van der Waals surface area contributed by atoms with E-state index in [4.69, 9.17) is 10.7 Å². The zero-order valence-corrected chi connectivity index (χ0v) is 19.0. The number of hydrogen-bond acceptors (Lipinski definition) is 8. The van der Waals surface area contributed by atoms with Crippen LogP contribution in [0.25, 0.3) is 32.5 Å². The SMILES string of the molecule is CN(C)CC(=O)N1CCN(Cc2cc3nc(-c4cccc5[nH]ncc45)nc(N)c3s2)CC1. The van der Waals surface area contributed by atoms with Crippen LogP contribution in [0.15, 0.2) is 30.5 Å². The summed E-state index contributed by atoms with van der Waals surface area (Å²) in [5.74, 6) is 1.31. The molecular formula is C22H26N8OS. The molecule has 0 unspecified atom stereocenters. The summed E-state index contributed by atoms with van der Waals surface area (Å²) in [6, 6.07) is 8.04. The summed E-state index contributed by atoms with van der Waals surface area (Å²) >= 11 is 1.64. The normalized spacial score (nSPS) is 15.3. The summed E-state index contributed by atoms with van der Waals surface area (Å²) in [5.41, 5.74) is 9.05. The molecule has 0 bridgehead atoms. The van der Waals surface area contributed by atoms with Crippen molar-refractivity contribution in [1.82, 2.24) is 34.9 Å². The molecule has 1 amide bonds. The largest absolute Gasteiger partial charge is 0.382 e. The molecule has 0 saturated carbocycles. The van der Waals surface area contributed by atoms with Gasteiger partial charge in [0.25, 0.3) is 0 Å². The van der Waals surface area contributed by atoms with E-state index in [1.54, 1.807) is 17.5 Å². The fourth-order valence-corrected chi connectivity index (χ4v) is 5.15. The molecule has 1 aromatic carbocycles. The number of rotatable bonds is 5. The Morgan fingerprint density at radius 2 is 2.03 bits per heavy atom. The Kier molecular flexibility index (Phi) is 5.50. The number of fused-ring (bicyclic) bond motifs is 2. The second kappa shape index (κ2) is 8.45. The molecule has 32 heavy (non-hydrogen) atoms. The average Bonchev–Trinajstić information content (AvgIpc) is 3.40. The van der Waals surface area contributed by atoms with E-state index < -0.39 is 0 Å². The van der Waals surface area contributed by atoms with E-state index in [9.17, 15) is 4.79 Å². The molecule has 3 N–H and O–H groups in total. The van der Waals surface area contributed by atoms with Crippen molar-refractivity contribution in [3.8, 4) is 11.4 Å². The second-order valence-electron chi connectivity index (χ2n) is 8.39. The topological polar surface area (TPSA) is 107 Å². The summed E-state index contributed by atoms with van der Waals surface area (Å²) in [7, 11) is 3.84. The van der Waals surface area contributed by atoms with Crippen molar-refractivity contribution >= 4 is 44.2 Å². The highest BCUT2D eigenvalue weighted by atomic mass is 32.1. The average molecular weight is 451 g/mol. The minimum absolute atomic E-state index is 0.194. The molecule has 0 radical (unpaired) electrons. The Morgan fingerprint density at radius 1 is 1.22 bits per heavy atom. The number of benzene rings is 1. The maximum atomic E-state index is 12.3. The van der Waals surface area contributed by atoms with Crippen LogP contribution in [-0.2, 0) is 11.3 Å². The summed E-state index contributed by atoms with van der Waals surface area (Å²) in [4.78, 5) is 29.1. The first kappa shape index (κ1) is 20.8. The number of anilines is 1. The van der Waals surface area contributed by atoms with Gasteiger partial charge < -0.3 is 15.5 Å². The van der Waals surface area contributed by atoms with Crippen molar-refractivity contribution in [2.24, 2.45) is 0 Å². The van der Waals surface area contributed by atoms with E-state index in [1.165, 1.54) is 4.88 Å². The molecule has 5 rings (SSSR count). The van der Waals surface area contributed by atoms with Crippen molar-refractivity contribution in [1.29, 1.82) is 0 Å². The van der Waals surface area contributed by atoms with Crippen LogP contribution in [0.3, 0.4) is 0 Å². The van der Waals surface area contributed by atoms with Gasteiger partial charge in [-0.25, -0.2) is 9.97 Å². The lowest BCUT2D eigenvalue weighted by Gasteiger charge is -2.35. The number of carbonyl (C=O) groups excluding carboxylic acids is 1. The summed E-state index contributed by atoms with van der Waals surface area (Å²) in [5, 5.41) is 8.09. The van der Waals surface area contributed by atoms with Gasteiger partial charge in [-0.1, -0.05) is 12.1 Å². The third-order valence-corrected chi connectivity index (χ3v) is 6.86. The van der Waals surface area contributed by atoms with Crippen LogP contribution in [0.2, 0.25) is 0 Å². The molecule has 9 nitrogen and oxygen atoms in total. The van der Waals surface area contributed by atoms with Crippen molar-refractivity contribution in [2.75, 3.05) is 52.6 Å². The third kappa shape index (κ3) is 4.04. The Labute approximate surface area is 189 Å². The maximum Gasteiger partial charge on any atom is 0.236 e. The first-order chi connectivity index (χ1) is 15.5. The van der Waals surface area contributed by atoms with E-state index in [2.05, 4.69) is 26.1 Å². The molecule has 10 heteroatoms. The number of nitrogens with zero attached hydrogens (tertiary/aromatic N) is 6. The van der Waals surface area contributed by atoms with Crippen LogP contribution in [0, 0.1) is 0 Å². The number of amides is 1. The number of piperazine rings is 1. The highest BCUT2D eigenvalue weighted by Crippen LogP contribution is 2.33. The Bertz CT molecular complexity index is 1270. The maximum absolute atomic E-state index is 12.3. The monoisotopic (exact) mass is 450 g/mol. The number of hydrogen-bond donors (Lipinski definition) is 2. The minimum atomic E-state index is 0.194. The summed E-state index contributed by atoms with van der Waals surface area (Å²) < 4.78 is 0.919. The second-order valence-corrected chi connectivity index (χ2v) is 9.53. The highest BCUT2D eigenvalue weighted by Gasteiger charge is 2.22. The van der Waals surface area contributed by atoms with Gasteiger partial charge in [-0.2, -0.15) is 5.10 Å². The summed E-state index contributed by atoms with van der Waals surface area (Å²) in [6.07, 6.45) is 1.79. The molecule has 0 aliphatic carbocycles. The molecular weight excluding hydrogens is 424 g/mol. The number of aromatic nitrogens is 4. The molecule has 4 heterocycles. The Hall–Kier alpha value is -3.08. The van der Waals surface area contributed by atoms with Crippen LogP contribution < -0.4 is 5.73 Å². The lowest BCUT2D eigenvalue weighted by atomic mass is 10.1. The Morgan fingerprint density at radius 3 is 2.81 bits per heavy atom. The summed E-state index contributed by atoms with van der Waals surface area (Å²) in [6.45, 7) is 4.54. The van der Waals surface area contributed by atoms with Crippen LogP contribution in [0.5, 0.6) is 0 Å². The van der Waals surface area contributed by atoms with Gasteiger partial charge in [-0.15, -0.1) is 11.3 Å². The number of thiophene rings is 1. The van der Waals surface area contributed by atoms with Gasteiger partial charge in [0.05, 0.1) is 28.5 Å². The van der Waals surface area contributed by atoms with Crippen LogP contribution in [0.4, 0.5) is 5.82 Å². The van der Waals surface area contributed by atoms with E-state index in [1.807, 2.05) is 42.1 Å². The molecule has 1 fully saturated rings. The third-order valence-electron chi connectivity index (χ3n) is 5.73. The van der Waals surface area contributed by atoms with Gasteiger partial charge in [0.2, 0.25) is 5.91 Å². The van der Waals surface area contributed by atoms with Gasteiger partial charge in [0.15, 0.2) is 5.82 Å². The lowest BCUT2D eigenvalue weighted by molar-refractivity contribution is -0.133. The predicted octanol–water partition coefficient (Wildman–Crippen LogP) is 2.02. The van der Waals surface area contributed by atoms with Crippen LogP contribution in [-0.4, -0.2) is 87.6 Å². The van der Waals surface area contributed by atoms with Crippen LogP contribution in [0.1, 0.15) is 4.88 Å². The van der Waals surface area contributed by atoms with Gasteiger partial charge in [-0.3, -0.25) is 14.8 Å². The van der Waals surface area contributed by atoms with Crippen molar-refractivity contribution in [2.45, 2.75) is 6.54 Å². The molecule has 4 aromatic rings. The molecule has 0 spiro atoms. The molecule has 0 atom stereocenters. The standard InChI is InChI=1S/C22H26N8OS/c1-28(2)13-19(31)30-8-6-29(7-9-30)12-14-10-18-20(32-14)21(23)26-22(25-18)15-4-3-5-17-16(15)11-24-27-17/h3-5,10-11H,6-9,12-13H2,1-2H3,(H,24,27)(H2,23,25,26). The van der Waals surface area contributed by atoms with Gasteiger partial charge in [-0.05, 0) is 26.2 Å². The number of nitrogens with one attached hydrogen (secondary N) is 1. The molecule has 3 aromatic heterocycles. The quantitative estimate of drug-likeness (QED) is 0.479. The lowest BCUT2D eigenvalue weighted by Crippen LogP contribution is -2.50. The molecule has 166 valence electrons. The van der Waals surface area contributed by atoms with Crippen molar-refractivity contribution in [3.63, 3.8) is 0 Å². The Balaban J connectivity index is 1.33. The first-order valence-electron chi connectivity index (χ1n) is 10.6. The molecule has 1 aliphatic rings. The van der Waals surface area contributed by atoms with Crippen molar-refractivity contribution < 1.29 is 4.79 Å². The molecule has 1 aliphatic heterocycles. The van der Waals surface area contributed by atoms with E-state index in [0.717, 1.165) is 59.4 Å². The number of aromatic amines is 1. The fourth-order valence-electron chi connectivity index (χ4n) is 4.11. The van der Waals surface area contributed by atoms with Crippen LogP contribution >= 0.6 is 11.3 Å². The minimum Gasteiger partial charge on any atom is -0.382 e. The van der Waals surface area contributed by atoms with Gasteiger partial charge in [0, 0.05) is 48.6 Å². The van der Waals surface area contributed by atoms with Gasteiger partial charge >= 0.3 is 0 Å². The number of carbonyl (C=O) groups is 1. The first-order valence-corrected chi connectivity index (χ1v) is 11.4. The fraction of sp³-hybridized carbons (Fsp3) is 0.364. The van der Waals surface area contributed by atoms with E-state index in [0.29, 0.717) is 18.2 Å². The number of nitrogen functional groups attached to an aromatic ring is 1. The number of nitrogens with two attached hydrogens (primary N) is 1. The van der Waals surface area contributed by atoms with Crippen molar-refractivity contribution in [3.05, 3.63) is 35.3 Å². The smallest absolute Gasteiger partial charge is 0.236 e. The zero-order chi connectivity index (χ0) is 22.2. The predicted molar refractivity (Wildman–Crippen MR) is 127 cm³/mol.